The molecule has 8 heteroatoms. The lowest BCUT2D eigenvalue weighted by Crippen LogP contribution is -2.34. The molecule has 0 bridgehead atoms. The van der Waals surface area contributed by atoms with Crippen LogP contribution >= 0.6 is 12.2 Å². The molecule has 2 aromatic carbocycles. The van der Waals surface area contributed by atoms with E-state index in [4.69, 9.17) is 12.2 Å². The van der Waals surface area contributed by atoms with E-state index in [9.17, 15) is 14.4 Å². The molecule has 0 aliphatic heterocycles. The van der Waals surface area contributed by atoms with E-state index >= 15 is 0 Å². The van der Waals surface area contributed by atoms with Crippen LogP contribution < -0.4 is 10.6 Å². The largest absolute Gasteiger partial charge is 0.465 e. The highest BCUT2D eigenvalue weighted by Crippen LogP contribution is 2.13. The molecule has 29 heavy (non-hydrogen) atoms. The average Bonchev–Trinajstić information content (AvgIpc) is 2.74. The lowest BCUT2D eigenvalue weighted by molar-refractivity contribution is 0.0600. The number of carbonyl (C=O) groups excluding carboxylic acids is 3. The summed E-state index contributed by atoms with van der Waals surface area (Å²) < 4.78 is 4.65. The lowest BCUT2D eigenvalue weighted by atomic mass is 10.1. The first-order chi connectivity index (χ1) is 13.9. The van der Waals surface area contributed by atoms with Gasteiger partial charge in [-0.1, -0.05) is 12.1 Å². The van der Waals surface area contributed by atoms with Crippen molar-refractivity contribution in [3.63, 3.8) is 0 Å². The molecule has 0 aliphatic rings. The minimum atomic E-state index is -0.532. The number of anilines is 1. The van der Waals surface area contributed by atoms with Gasteiger partial charge in [-0.25, -0.2) is 4.79 Å². The van der Waals surface area contributed by atoms with Crippen LogP contribution in [0.15, 0.2) is 48.5 Å². The summed E-state index contributed by atoms with van der Waals surface area (Å²) in [4.78, 5) is 38.2. The number of ether oxygens (including phenoxy) is 1. The minimum absolute atomic E-state index is 0.0749. The van der Waals surface area contributed by atoms with Gasteiger partial charge in [0.25, 0.3) is 11.8 Å². The van der Waals surface area contributed by atoms with Crippen LogP contribution in [0.25, 0.3) is 0 Å². The maximum Gasteiger partial charge on any atom is 0.337 e. The zero-order valence-electron chi connectivity index (χ0n) is 16.5. The monoisotopic (exact) mass is 413 g/mol. The standard InChI is InChI=1S/C21H23N3O4S/c1-4-24(5-2)19(26)15-9-7-11-17(13-15)22-21(29)23-18(25)14-8-6-10-16(12-14)20(27)28-3/h6-13H,4-5H2,1-3H3,(H2,22,23,25,29). The van der Waals surface area contributed by atoms with Gasteiger partial charge < -0.3 is 15.0 Å². The highest BCUT2D eigenvalue weighted by molar-refractivity contribution is 7.80. The van der Waals surface area contributed by atoms with E-state index in [0.717, 1.165) is 0 Å². The Morgan fingerprint density at radius 3 is 2.24 bits per heavy atom. The normalized spacial score (nSPS) is 10.0. The second-order valence-corrected chi connectivity index (χ2v) is 6.45. The second kappa shape index (κ2) is 10.3. The van der Waals surface area contributed by atoms with E-state index in [1.54, 1.807) is 47.4 Å². The van der Waals surface area contributed by atoms with E-state index in [0.29, 0.717) is 24.3 Å². The van der Waals surface area contributed by atoms with E-state index in [-0.39, 0.29) is 22.1 Å². The molecule has 0 heterocycles. The molecule has 0 atom stereocenters. The number of methoxy groups -OCH3 is 1. The topological polar surface area (TPSA) is 87.7 Å². The van der Waals surface area contributed by atoms with Crippen molar-refractivity contribution in [2.75, 3.05) is 25.5 Å². The number of hydrogen-bond acceptors (Lipinski definition) is 5. The van der Waals surface area contributed by atoms with Gasteiger partial charge in [-0.2, -0.15) is 0 Å². The highest BCUT2D eigenvalue weighted by Gasteiger charge is 2.14. The Bertz CT molecular complexity index is 926. The first-order valence-electron chi connectivity index (χ1n) is 9.09. The Hall–Kier alpha value is -3.26. The summed E-state index contributed by atoms with van der Waals surface area (Å²) in [6.45, 7) is 5.07. The van der Waals surface area contributed by atoms with Gasteiger partial charge in [0.15, 0.2) is 5.11 Å². The average molecular weight is 413 g/mol. The quantitative estimate of drug-likeness (QED) is 0.559. The van der Waals surface area contributed by atoms with Crippen molar-refractivity contribution in [3.05, 3.63) is 65.2 Å². The summed E-state index contributed by atoms with van der Waals surface area (Å²) in [5.41, 5.74) is 1.64. The van der Waals surface area contributed by atoms with Gasteiger partial charge in [0.1, 0.15) is 0 Å². The van der Waals surface area contributed by atoms with Crippen LogP contribution in [0.4, 0.5) is 5.69 Å². The first kappa shape index (κ1) is 22.0. The molecule has 2 amide bonds. The predicted octanol–water partition coefficient (Wildman–Crippen LogP) is 3.08. The molecule has 2 rings (SSSR count). The summed E-state index contributed by atoms with van der Waals surface area (Å²) in [5.74, 6) is -1.08. The van der Waals surface area contributed by atoms with Crippen molar-refractivity contribution in [2.24, 2.45) is 0 Å². The number of hydrogen-bond donors (Lipinski definition) is 2. The highest BCUT2D eigenvalue weighted by atomic mass is 32.1. The number of nitrogens with zero attached hydrogens (tertiary/aromatic N) is 1. The molecule has 152 valence electrons. The summed E-state index contributed by atoms with van der Waals surface area (Å²) in [7, 11) is 1.27. The van der Waals surface area contributed by atoms with Crippen LogP contribution in [0.2, 0.25) is 0 Å². The fourth-order valence-corrected chi connectivity index (χ4v) is 2.88. The number of esters is 1. The first-order valence-corrected chi connectivity index (χ1v) is 9.50. The molecule has 0 aromatic heterocycles. The number of benzene rings is 2. The second-order valence-electron chi connectivity index (χ2n) is 6.04. The zero-order valence-corrected chi connectivity index (χ0v) is 17.3. The van der Waals surface area contributed by atoms with Crippen LogP contribution in [0, 0.1) is 0 Å². The van der Waals surface area contributed by atoms with Crippen molar-refractivity contribution < 1.29 is 19.1 Å². The maximum atomic E-state index is 12.5. The molecule has 2 aromatic rings. The molecular formula is C21H23N3O4S. The molecule has 2 N–H and O–H groups in total. The van der Waals surface area contributed by atoms with Gasteiger partial charge in [0.2, 0.25) is 0 Å². The van der Waals surface area contributed by atoms with Crippen LogP contribution in [-0.4, -0.2) is 48.0 Å². The summed E-state index contributed by atoms with van der Waals surface area (Å²) in [5, 5.41) is 5.53. The Balaban J connectivity index is 2.06. The molecule has 0 spiro atoms. The van der Waals surface area contributed by atoms with Gasteiger partial charge in [0, 0.05) is 29.9 Å². The van der Waals surface area contributed by atoms with Crippen LogP contribution in [0.3, 0.4) is 0 Å². The number of thiocarbonyl (C=S) groups is 1. The molecule has 0 saturated carbocycles. The molecular weight excluding hydrogens is 390 g/mol. The van der Waals surface area contributed by atoms with E-state index in [2.05, 4.69) is 15.4 Å². The Labute approximate surface area is 175 Å². The Morgan fingerprint density at radius 1 is 0.966 bits per heavy atom. The molecule has 0 radical (unpaired) electrons. The molecule has 0 saturated heterocycles. The van der Waals surface area contributed by atoms with Gasteiger partial charge >= 0.3 is 5.97 Å². The number of nitrogens with one attached hydrogen (secondary N) is 2. The molecule has 0 unspecified atom stereocenters. The van der Waals surface area contributed by atoms with Crippen molar-refractivity contribution in [1.82, 2.24) is 10.2 Å². The molecule has 7 nitrogen and oxygen atoms in total. The van der Waals surface area contributed by atoms with E-state index < -0.39 is 11.9 Å². The van der Waals surface area contributed by atoms with E-state index in [1.807, 2.05) is 13.8 Å². The van der Waals surface area contributed by atoms with Crippen molar-refractivity contribution >= 4 is 40.8 Å². The Morgan fingerprint density at radius 2 is 1.59 bits per heavy atom. The third-order valence-electron chi connectivity index (χ3n) is 4.19. The number of amides is 2. The number of rotatable bonds is 6. The fourth-order valence-electron chi connectivity index (χ4n) is 2.67. The molecule has 0 aliphatic carbocycles. The molecule has 0 fully saturated rings. The van der Waals surface area contributed by atoms with Gasteiger partial charge in [-0.05, 0) is 62.5 Å². The predicted molar refractivity (Wildman–Crippen MR) is 115 cm³/mol. The van der Waals surface area contributed by atoms with E-state index in [1.165, 1.54) is 13.2 Å². The van der Waals surface area contributed by atoms with Crippen molar-refractivity contribution in [2.45, 2.75) is 13.8 Å². The maximum absolute atomic E-state index is 12.5. The SMILES string of the molecule is CCN(CC)C(=O)c1cccc(NC(=S)NC(=O)c2cccc(C(=O)OC)c2)c1. The Kier molecular flexibility index (Phi) is 7.85. The van der Waals surface area contributed by atoms with Crippen LogP contribution in [0.5, 0.6) is 0 Å². The van der Waals surface area contributed by atoms with Gasteiger partial charge in [-0.15, -0.1) is 0 Å². The summed E-state index contributed by atoms with van der Waals surface area (Å²) in [6, 6.07) is 13.0. The van der Waals surface area contributed by atoms with Crippen LogP contribution in [-0.2, 0) is 4.74 Å². The van der Waals surface area contributed by atoms with Gasteiger partial charge in [-0.3, -0.25) is 14.9 Å². The number of carbonyl (C=O) groups is 3. The third-order valence-corrected chi connectivity index (χ3v) is 4.40. The van der Waals surface area contributed by atoms with Crippen molar-refractivity contribution in [3.8, 4) is 0 Å². The van der Waals surface area contributed by atoms with Gasteiger partial charge in [0.05, 0.1) is 12.7 Å². The van der Waals surface area contributed by atoms with Crippen molar-refractivity contribution in [1.29, 1.82) is 0 Å². The summed E-state index contributed by atoms with van der Waals surface area (Å²) >= 11 is 5.20. The summed E-state index contributed by atoms with van der Waals surface area (Å²) in [6.07, 6.45) is 0. The van der Waals surface area contributed by atoms with Crippen LogP contribution in [0.1, 0.15) is 44.9 Å². The third kappa shape index (κ3) is 5.86. The minimum Gasteiger partial charge on any atom is -0.465 e. The fraction of sp³-hybridized carbons (Fsp3) is 0.238. The lowest BCUT2D eigenvalue weighted by Gasteiger charge is -2.19. The smallest absolute Gasteiger partial charge is 0.337 e. The zero-order chi connectivity index (χ0) is 21.4.